The van der Waals surface area contributed by atoms with Gasteiger partial charge in [0.15, 0.2) is 5.17 Å². The molecule has 1 saturated heterocycles. The summed E-state index contributed by atoms with van der Waals surface area (Å²) in [5, 5.41) is 9.48. The Bertz CT molecular complexity index is 905. The minimum Gasteiger partial charge on any atom is -0.478 e. The number of aliphatic imine (C=N–C) groups is 1. The normalized spacial score (nSPS) is 17.1. The topological polar surface area (TPSA) is 82.9 Å². The Labute approximate surface area is 154 Å². The molecule has 3 rings (SSSR count). The predicted molar refractivity (Wildman–Crippen MR) is 102 cm³/mol. The zero-order valence-corrected chi connectivity index (χ0v) is 14.5. The van der Waals surface area contributed by atoms with Gasteiger partial charge in [0.1, 0.15) is 0 Å². The molecule has 6 nitrogen and oxygen atoms in total. The van der Waals surface area contributed by atoms with Gasteiger partial charge < -0.3 is 5.11 Å². The first-order valence-corrected chi connectivity index (χ1v) is 8.55. The van der Waals surface area contributed by atoms with Crippen molar-refractivity contribution in [3.8, 4) is 0 Å². The molecule has 1 N–H and O–H groups in total. The van der Waals surface area contributed by atoms with Gasteiger partial charge >= 0.3 is 5.97 Å². The summed E-state index contributed by atoms with van der Waals surface area (Å²) in [5.74, 6) is -1.16. The summed E-state index contributed by atoms with van der Waals surface area (Å²) in [6, 6.07) is 11.6. The molecule has 1 aromatic heterocycles. The molecule has 0 bridgehead atoms. The highest BCUT2D eigenvalue weighted by molar-refractivity contribution is 8.18. The number of benzene rings is 1. The van der Waals surface area contributed by atoms with Crippen LogP contribution in [0.15, 0.2) is 71.2 Å². The Morgan fingerprint density at radius 2 is 2.04 bits per heavy atom. The summed E-state index contributed by atoms with van der Waals surface area (Å²) in [7, 11) is 0. The number of pyridine rings is 1. The molecule has 1 fully saturated rings. The fraction of sp³-hybridized carbons (Fsp3) is 0.0526. The summed E-state index contributed by atoms with van der Waals surface area (Å²) in [6.07, 6.45) is 5.02. The van der Waals surface area contributed by atoms with Crippen molar-refractivity contribution in [2.45, 2.75) is 0 Å². The van der Waals surface area contributed by atoms with Crippen LogP contribution in [-0.2, 0) is 4.79 Å². The molecule has 1 aliphatic heterocycles. The molecule has 7 heteroatoms. The third kappa shape index (κ3) is 3.89. The average Bonchev–Trinajstić information content (AvgIpc) is 2.92. The van der Waals surface area contributed by atoms with E-state index in [-0.39, 0.29) is 11.5 Å². The molecule has 0 spiro atoms. The van der Waals surface area contributed by atoms with Crippen LogP contribution >= 0.6 is 11.8 Å². The zero-order valence-electron chi connectivity index (χ0n) is 13.7. The number of nitrogens with zero attached hydrogens (tertiary/aromatic N) is 3. The lowest BCUT2D eigenvalue weighted by atomic mass is 10.2. The van der Waals surface area contributed by atoms with E-state index in [1.807, 2.05) is 18.2 Å². The van der Waals surface area contributed by atoms with Gasteiger partial charge in [0.05, 0.1) is 21.8 Å². The number of hydrogen-bond acceptors (Lipinski definition) is 5. The van der Waals surface area contributed by atoms with E-state index in [9.17, 15) is 9.59 Å². The molecule has 0 aliphatic carbocycles. The van der Waals surface area contributed by atoms with Crippen LogP contribution in [0.1, 0.15) is 16.1 Å². The van der Waals surface area contributed by atoms with Crippen LogP contribution in [0.25, 0.3) is 6.08 Å². The average molecular weight is 365 g/mol. The number of carbonyl (C=O) groups excluding carboxylic acids is 1. The standard InChI is InChI=1S/C19H15N3O3S/c1-2-11-22-17(23)16(12-15-5-3-4-10-20-15)26-19(22)21-14-8-6-13(7-9-14)18(24)25/h2-10,12H,1,11H2,(H,24,25)/b16-12-,21-19?. The summed E-state index contributed by atoms with van der Waals surface area (Å²) < 4.78 is 0. The highest BCUT2D eigenvalue weighted by atomic mass is 32.2. The van der Waals surface area contributed by atoms with Gasteiger partial charge in [0.2, 0.25) is 0 Å². The summed E-state index contributed by atoms with van der Waals surface area (Å²) in [4.78, 5) is 34.3. The first kappa shape index (κ1) is 17.6. The second kappa shape index (κ2) is 7.79. The Kier molecular flexibility index (Phi) is 5.28. The number of amidine groups is 1. The van der Waals surface area contributed by atoms with Gasteiger partial charge in [-0.3, -0.25) is 14.7 Å². The van der Waals surface area contributed by atoms with E-state index in [1.54, 1.807) is 30.5 Å². The second-order valence-electron chi connectivity index (χ2n) is 5.32. The maximum Gasteiger partial charge on any atom is 0.335 e. The molecule has 0 atom stereocenters. The van der Waals surface area contributed by atoms with Crippen molar-refractivity contribution in [2.24, 2.45) is 4.99 Å². The van der Waals surface area contributed by atoms with E-state index in [0.29, 0.717) is 28.0 Å². The lowest BCUT2D eigenvalue weighted by Gasteiger charge is -2.12. The maximum absolute atomic E-state index is 12.6. The van der Waals surface area contributed by atoms with Gasteiger partial charge in [0.25, 0.3) is 5.91 Å². The molecule has 0 unspecified atom stereocenters. The smallest absolute Gasteiger partial charge is 0.335 e. The summed E-state index contributed by atoms with van der Waals surface area (Å²) >= 11 is 1.25. The van der Waals surface area contributed by atoms with Crippen molar-refractivity contribution in [1.82, 2.24) is 9.88 Å². The van der Waals surface area contributed by atoms with Crippen molar-refractivity contribution in [3.63, 3.8) is 0 Å². The fourth-order valence-corrected chi connectivity index (χ4v) is 3.26. The lowest BCUT2D eigenvalue weighted by Crippen LogP contribution is -2.29. The van der Waals surface area contributed by atoms with Crippen LogP contribution in [0, 0.1) is 0 Å². The predicted octanol–water partition coefficient (Wildman–Crippen LogP) is 3.57. The van der Waals surface area contributed by atoms with Crippen molar-refractivity contribution in [3.05, 3.63) is 77.5 Å². The Morgan fingerprint density at radius 3 is 2.65 bits per heavy atom. The van der Waals surface area contributed by atoms with Crippen molar-refractivity contribution < 1.29 is 14.7 Å². The van der Waals surface area contributed by atoms with E-state index in [0.717, 1.165) is 0 Å². The Hall–Kier alpha value is -3.19. The molecule has 2 aromatic rings. The minimum atomic E-state index is -0.997. The van der Waals surface area contributed by atoms with Crippen molar-refractivity contribution in [2.75, 3.05) is 6.54 Å². The number of amides is 1. The molecule has 1 aromatic carbocycles. The first-order chi connectivity index (χ1) is 12.6. The van der Waals surface area contributed by atoms with E-state index >= 15 is 0 Å². The Balaban J connectivity index is 1.92. The molecule has 0 saturated carbocycles. The third-order valence-corrected chi connectivity index (χ3v) is 4.51. The quantitative estimate of drug-likeness (QED) is 0.647. The number of carbonyl (C=O) groups is 2. The number of rotatable bonds is 5. The lowest BCUT2D eigenvalue weighted by molar-refractivity contribution is -0.121. The van der Waals surface area contributed by atoms with Crippen molar-refractivity contribution in [1.29, 1.82) is 0 Å². The maximum atomic E-state index is 12.6. The van der Waals surface area contributed by atoms with Crippen LogP contribution < -0.4 is 0 Å². The molecule has 0 radical (unpaired) electrons. The molecule has 130 valence electrons. The van der Waals surface area contributed by atoms with Crippen LogP contribution in [0.2, 0.25) is 0 Å². The molecular formula is C19H15N3O3S. The van der Waals surface area contributed by atoms with Gasteiger partial charge in [-0.05, 0) is 54.2 Å². The molecule has 1 amide bonds. The highest BCUT2D eigenvalue weighted by Gasteiger charge is 2.32. The van der Waals surface area contributed by atoms with E-state index in [1.165, 1.54) is 28.8 Å². The number of carboxylic acid groups (broad SMARTS) is 1. The SMILES string of the molecule is C=CCN1C(=O)/C(=C/c2ccccn2)SC1=Nc1ccc(C(=O)O)cc1. The van der Waals surface area contributed by atoms with Crippen molar-refractivity contribution >= 4 is 40.6 Å². The largest absolute Gasteiger partial charge is 0.478 e. The fourth-order valence-electron chi connectivity index (χ4n) is 2.27. The number of aromatic nitrogens is 1. The van der Waals surface area contributed by atoms with Crippen LogP contribution in [0.3, 0.4) is 0 Å². The first-order valence-electron chi connectivity index (χ1n) is 7.74. The van der Waals surface area contributed by atoms with Gasteiger partial charge in [-0.15, -0.1) is 6.58 Å². The molecule has 1 aliphatic rings. The number of hydrogen-bond donors (Lipinski definition) is 1. The van der Waals surface area contributed by atoms with Crippen LogP contribution in [0.4, 0.5) is 5.69 Å². The third-order valence-electron chi connectivity index (χ3n) is 3.51. The van der Waals surface area contributed by atoms with Gasteiger partial charge in [-0.25, -0.2) is 9.79 Å². The van der Waals surface area contributed by atoms with Gasteiger partial charge in [0, 0.05) is 12.7 Å². The van der Waals surface area contributed by atoms with Crippen LogP contribution in [0.5, 0.6) is 0 Å². The Morgan fingerprint density at radius 1 is 1.27 bits per heavy atom. The number of aromatic carboxylic acids is 1. The number of thioether (sulfide) groups is 1. The van der Waals surface area contributed by atoms with E-state index in [2.05, 4.69) is 16.6 Å². The van der Waals surface area contributed by atoms with Gasteiger partial charge in [-0.2, -0.15) is 0 Å². The van der Waals surface area contributed by atoms with E-state index < -0.39 is 5.97 Å². The minimum absolute atomic E-state index is 0.165. The van der Waals surface area contributed by atoms with Crippen LogP contribution in [-0.4, -0.2) is 38.6 Å². The highest BCUT2D eigenvalue weighted by Crippen LogP contribution is 2.33. The monoisotopic (exact) mass is 365 g/mol. The van der Waals surface area contributed by atoms with E-state index in [4.69, 9.17) is 5.11 Å². The summed E-state index contributed by atoms with van der Waals surface area (Å²) in [5.41, 5.74) is 1.44. The molecular weight excluding hydrogens is 350 g/mol. The zero-order chi connectivity index (χ0) is 18.5. The number of carboxylic acids is 1. The molecule has 26 heavy (non-hydrogen) atoms. The molecule has 2 heterocycles. The van der Waals surface area contributed by atoms with Gasteiger partial charge in [-0.1, -0.05) is 12.1 Å². The summed E-state index contributed by atoms with van der Waals surface area (Å²) in [6.45, 7) is 4.02. The second-order valence-corrected chi connectivity index (χ2v) is 6.33.